The van der Waals surface area contributed by atoms with Crippen molar-refractivity contribution < 1.29 is 25.8 Å². The second-order valence-corrected chi connectivity index (χ2v) is 5.22. The van der Waals surface area contributed by atoms with Crippen LogP contribution in [0, 0.1) is 3.57 Å². The molecule has 1 aromatic carbocycles. The van der Waals surface area contributed by atoms with Gasteiger partial charge in [-0.15, -0.1) is 0 Å². The Morgan fingerprint density at radius 2 is 1.87 bits per heavy atom. The summed E-state index contributed by atoms with van der Waals surface area (Å²) in [6.45, 7) is 0. The fourth-order valence-electron chi connectivity index (χ4n) is 0.693. The van der Waals surface area contributed by atoms with E-state index in [1.165, 1.54) is 12.1 Å². The van der Waals surface area contributed by atoms with Gasteiger partial charge in [0, 0.05) is 3.57 Å². The van der Waals surface area contributed by atoms with E-state index in [4.69, 9.17) is 0 Å². The van der Waals surface area contributed by atoms with Crippen LogP contribution in [0.15, 0.2) is 24.3 Å². The molecule has 0 aliphatic heterocycles. The molecule has 0 atom stereocenters. The number of benzene rings is 1. The van der Waals surface area contributed by atoms with Crippen LogP contribution in [0.5, 0.6) is 5.75 Å². The lowest BCUT2D eigenvalue weighted by Gasteiger charge is -2.09. The number of rotatable bonds is 2. The van der Waals surface area contributed by atoms with Crippen molar-refractivity contribution in [1.29, 1.82) is 0 Å². The fraction of sp³-hybridized carbons (Fsp3) is 0.143. The van der Waals surface area contributed by atoms with Crippen LogP contribution in [0.25, 0.3) is 0 Å². The van der Waals surface area contributed by atoms with Gasteiger partial charge in [-0.2, -0.15) is 21.6 Å². The van der Waals surface area contributed by atoms with Crippen LogP contribution in [0.3, 0.4) is 0 Å². The molecule has 0 unspecified atom stereocenters. The molecular formula is C7H4F3IO3S. The normalized spacial score (nSPS) is 12.5. The monoisotopic (exact) mass is 352 g/mol. The number of alkyl halides is 3. The minimum absolute atomic E-state index is 0.362. The van der Waals surface area contributed by atoms with E-state index in [-0.39, 0.29) is 5.75 Å². The fourth-order valence-corrected chi connectivity index (χ4v) is 1.66. The topological polar surface area (TPSA) is 43.4 Å². The second-order valence-electron chi connectivity index (χ2n) is 2.44. The Labute approximate surface area is 97.5 Å². The summed E-state index contributed by atoms with van der Waals surface area (Å²) < 4.78 is 61.3. The molecule has 0 bridgehead atoms. The molecule has 0 amide bonds. The van der Waals surface area contributed by atoms with E-state index >= 15 is 0 Å². The van der Waals surface area contributed by atoms with Crippen LogP contribution in [-0.4, -0.2) is 13.9 Å². The van der Waals surface area contributed by atoms with Gasteiger partial charge in [0.15, 0.2) is 0 Å². The number of hydrogen-bond acceptors (Lipinski definition) is 3. The van der Waals surface area contributed by atoms with Crippen LogP contribution in [-0.2, 0) is 10.1 Å². The predicted molar refractivity (Wildman–Crippen MR) is 54.8 cm³/mol. The standard InChI is InChI=1S/C7H4F3IO3S/c8-7(9,10)15(12,13)14-6-3-1-2-5(11)4-6/h1-4H. The first-order valence-corrected chi connectivity index (χ1v) is 5.97. The summed E-state index contributed by atoms with van der Waals surface area (Å²) in [6.07, 6.45) is 0. The van der Waals surface area contributed by atoms with Gasteiger partial charge in [-0.1, -0.05) is 6.07 Å². The van der Waals surface area contributed by atoms with Crippen LogP contribution in [0.1, 0.15) is 0 Å². The Bertz CT molecular complexity index is 455. The maximum atomic E-state index is 11.9. The maximum Gasteiger partial charge on any atom is 0.534 e. The van der Waals surface area contributed by atoms with E-state index in [1.807, 2.05) is 22.6 Å². The quantitative estimate of drug-likeness (QED) is 0.467. The molecule has 0 fully saturated rings. The van der Waals surface area contributed by atoms with Crippen LogP contribution in [0.4, 0.5) is 13.2 Å². The van der Waals surface area contributed by atoms with Crippen molar-refractivity contribution in [3.05, 3.63) is 27.8 Å². The van der Waals surface area contributed by atoms with E-state index in [2.05, 4.69) is 4.18 Å². The van der Waals surface area contributed by atoms with Crippen molar-refractivity contribution in [2.75, 3.05) is 0 Å². The summed E-state index contributed by atoms with van der Waals surface area (Å²) in [4.78, 5) is 0. The number of hydrogen-bond donors (Lipinski definition) is 0. The first kappa shape index (κ1) is 12.6. The van der Waals surface area contributed by atoms with E-state index in [0.717, 1.165) is 6.07 Å². The first-order valence-electron chi connectivity index (χ1n) is 3.49. The zero-order valence-electron chi connectivity index (χ0n) is 6.95. The lowest BCUT2D eigenvalue weighted by molar-refractivity contribution is -0.0500. The average molecular weight is 352 g/mol. The third kappa shape index (κ3) is 3.23. The van der Waals surface area contributed by atoms with Crippen LogP contribution >= 0.6 is 22.6 Å². The largest absolute Gasteiger partial charge is 0.534 e. The van der Waals surface area contributed by atoms with Gasteiger partial charge in [-0.05, 0) is 40.8 Å². The summed E-state index contributed by atoms with van der Waals surface area (Å²) in [5.41, 5.74) is -5.41. The smallest absolute Gasteiger partial charge is 0.376 e. The second kappa shape index (κ2) is 4.16. The Balaban J connectivity index is 2.98. The molecule has 0 radical (unpaired) electrons. The summed E-state index contributed by atoms with van der Waals surface area (Å²) >= 11 is 1.82. The van der Waals surface area contributed by atoms with Crippen molar-refractivity contribution in [2.45, 2.75) is 5.51 Å². The summed E-state index contributed by atoms with van der Waals surface area (Å²) in [5.74, 6) is -0.362. The van der Waals surface area contributed by atoms with Gasteiger partial charge in [0.2, 0.25) is 0 Å². The van der Waals surface area contributed by atoms with Crippen LogP contribution in [0.2, 0.25) is 0 Å². The third-order valence-corrected chi connectivity index (χ3v) is 2.94. The highest BCUT2D eigenvalue weighted by Gasteiger charge is 2.48. The highest BCUT2D eigenvalue weighted by atomic mass is 127. The summed E-state index contributed by atoms with van der Waals surface area (Å²) in [7, 11) is -5.57. The third-order valence-electron chi connectivity index (χ3n) is 1.29. The van der Waals surface area contributed by atoms with E-state index < -0.39 is 15.6 Å². The van der Waals surface area contributed by atoms with E-state index in [0.29, 0.717) is 3.57 Å². The molecule has 84 valence electrons. The minimum Gasteiger partial charge on any atom is -0.376 e. The Kier molecular flexibility index (Phi) is 3.48. The molecule has 1 aromatic rings. The van der Waals surface area contributed by atoms with Crippen molar-refractivity contribution in [1.82, 2.24) is 0 Å². The minimum atomic E-state index is -5.57. The van der Waals surface area contributed by atoms with Gasteiger partial charge in [-0.3, -0.25) is 0 Å². The zero-order chi connectivity index (χ0) is 11.7. The molecule has 0 saturated heterocycles. The number of halogens is 4. The SMILES string of the molecule is O=S(=O)(Oc1cccc(I)c1)C(F)(F)F. The highest BCUT2D eigenvalue weighted by Crippen LogP contribution is 2.27. The van der Waals surface area contributed by atoms with Gasteiger partial charge in [0.05, 0.1) is 0 Å². The van der Waals surface area contributed by atoms with Gasteiger partial charge in [-0.25, -0.2) is 0 Å². The predicted octanol–water partition coefficient (Wildman–Crippen LogP) is 2.52. The molecule has 8 heteroatoms. The molecule has 0 aromatic heterocycles. The molecule has 0 saturated carbocycles. The maximum absolute atomic E-state index is 11.9. The lowest BCUT2D eigenvalue weighted by atomic mass is 10.3. The summed E-state index contributed by atoms with van der Waals surface area (Å²) in [6, 6.07) is 5.30. The van der Waals surface area contributed by atoms with E-state index in [9.17, 15) is 21.6 Å². The zero-order valence-corrected chi connectivity index (χ0v) is 9.93. The molecule has 0 spiro atoms. The Morgan fingerprint density at radius 1 is 1.27 bits per heavy atom. The van der Waals surface area contributed by atoms with Gasteiger partial charge < -0.3 is 4.18 Å². The molecule has 3 nitrogen and oxygen atoms in total. The molecule has 0 N–H and O–H groups in total. The first-order chi connectivity index (χ1) is 6.72. The van der Waals surface area contributed by atoms with Gasteiger partial charge >= 0.3 is 15.6 Å². The van der Waals surface area contributed by atoms with E-state index in [1.54, 1.807) is 6.07 Å². The molecule has 0 aliphatic carbocycles. The molecule has 0 heterocycles. The van der Waals surface area contributed by atoms with Crippen molar-refractivity contribution in [3.8, 4) is 5.75 Å². The van der Waals surface area contributed by atoms with Gasteiger partial charge in [0.1, 0.15) is 5.75 Å². The summed E-state index contributed by atoms with van der Waals surface area (Å²) in [5, 5.41) is 0. The molecule has 15 heavy (non-hydrogen) atoms. The van der Waals surface area contributed by atoms with Crippen LogP contribution < -0.4 is 4.18 Å². The molecule has 0 aliphatic rings. The Morgan fingerprint density at radius 3 is 2.33 bits per heavy atom. The molecular weight excluding hydrogens is 348 g/mol. The van der Waals surface area contributed by atoms with Crippen molar-refractivity contribution >= 4 is 32.7 Å². The Hall–Kier alpha value is -0.510. The average Bonchev–Trinajstić information content (AvgIpc) is 2.00. The van der Waals surface area contributed by atoms with Gasteiger partial charge in [0.25, 0.3) is 0 Å². The van der Waals surface area contributed by atoms with Crippen molar-refractivity contribution in [3.63, 3.8) is 0 Å². The van der Waals surface area contributed by atoms with Crippen molar-refractivity contribution in [2.24, 2.45) is 0 Å². The molecule has 1 rings (SSSR count). The lowest BCUT2D eigenvalue weighted by Crippen LogP contribution is -2.28. The highest BCUT2D eigenvalue weighted by molar-refractivity contribution is 14.1.